The van der Waals surface area contributed by atoms with Gasteiger partial charge < -0.3 is 4.90 Å². The van der Waals surface area contributed by atoms with Crippen molar-refractivity contribution in [1.82, 2.24) is 4.90 Å². The highest BCUT2D eigenvalue weighted by molar-refractivity contribution is 9.09. The van der Waals surface area contributed by atoms with Crippen molar-refractivity contribution in [2.75, 3.05) is 18.4 Å². The molecule has 1 atom stereocenters. The predicted octanol–water partition coefficient (Wildman–Crippen LogP) is 4.02. The van der Waals surface area contributed by atoms with Crippen molar-refractivity contribution in [3.8, 4) is 0 Å². The minimum absolute atomic E-state index is 0.261. The maximum absolute atomic E-state index is 12.6. The molecule has 0 N–H and O–H groups in total. The summed E-state index contributed by atoms with van der Waals surface area (Å²) in [6.45, 7) is 1.81. The third-order valence-electron chi connectivity index (χ3n) is 4.31. The monoisotopic (exact) mass is 345 g/mol. The number of alkyl halides is 1. The number of rotatable bonds is 3. The molecule has 21 heavy (non-hydrogen) atoms. The van der Waals surface area contributed by atoms with Gasteiger partial charge in [0.15, 0.2) is 0 Å². The fraction of sp³-hybridized carbons (Fsp3) is 0.389. The van der Waals surface area contributed by atoms with Gasteiger partial charge >= 0.3 is 0 Å². The number of benzene rings is 2. The van der Waals surface area contributed by atoms with Crippen LogP contribution in [0.25, 0.3) is 10.8 Å². The molecule has 0 radical (unpaired) electrons. The van der Waals surface area contributed by atoms with Crippen LogP contribution in [0.2, 0.25) is 0 Å². The number of nitrogens with zero attached hydrogens (tertiary/aromatic N) is 1. The Kier molecular flexibility index (Phi) is 4.59. The quantitative estimate of drug-likeness (QED) is 0.769. The number of amides is 1. The highest BCUT2D eigenvalue weighted by Crippen LogP contribution is 2.22. The molecule has 2 nitrogen and oxygen atoms in total. The van der Waals surface area contributed by atoms with Crippen molar-refractivity contribution in [2.24, 2.45) is 5.92 Å². The van der Waals surface area contributed by atoms with Crippen LogP contribution in [0, 0.1) is 5.92 Å². The fourth-order valence-corrected chi connectivity index (χ4v) is 3.67. The van der Waals surface area contributed by atoms with Gasteiger partial charge in [-0.1, -0.05) is 58.4 Å². The first-order valence-electron chi connectivity index (χ1n) is 7.58. The summed E-state index contributed by atoms with van der Waals surface area (Å²) in [5.41, 5.74) is 1.14. The molecule has 1 aliphatic rings. The summed E-state index contributed by atoms with van der Waals surface area (Å²) in [5, 5.41) is 3.40. The van der Waals surface area contributed by atoms with E-state index in [1.807, 2.05) is 23.1 Å². The molecule has 3 rings (SSSR count). The van der Waals surface area contributed by atoms with E-state index < -0.39 is 0 Å². The Bertz CT molecular complexity index is 635. The van der Waals surface area contributed by atoms with E-state index in [4.69, 9.17) is 0 Å². The van der Waals surface area contributed by atoms with Crippen molar-refractivity contribution < 1.29 is 4.79 Å². The second kappa shape index (κ2) is 6.61. The molecule has 1 aliphatic heterocycles. The first kappa shape index (κ1) is 14.6. The number of likely N-dealkylation sites (tertiary alicyclic amines) is 1. The molecule has 1 heterocycles. The number of halogens is 1. The summed E-state index contributed by atoms with van der Waals surface area (Å²) < 4.78 is 0. The molecular weight excluding hydrogens is 326 g/mol. The van der Waals surface area contributed by atoms with Crippen molar-refractivity contribution >= 4 is 32.6 Å². The van der Waals surface area contributed by atoms with Crippen LogP contribution in [-0.4, -0.2) is 29.2 Å². The summed E-state index contributed by atoms with van der Waals surface area (Å²) in [7, 11) is 0. The van der Waals surface area contributed by atoms with E-state index in [1.165, 1.54) is 17.2 Å². The second-order valence-electron chi connectivity index (χ2n) is 5.82. The predicted molar refractivity (Wildman–Crippen MR) is 90.8 cm³/mol. The van der Waals surface area contributed by atoms with Gasteiger partial charge in [0.1, 0.15) is 0 Å². The number of carbonyl (C=O) groups excluding carboxylic acids is 1. The third kappa shape index (κ3) is 3.29. The van der Waals surface area contributed by atoms with Crippen molar-refractivity contribution in [3.63, 3.8) is 0 Å². The molecule has 1 fully saturated rings. The molecule has 1 amide bonds. The number of fused-ring (bicyclic) bond motifs is 1. The lowest BCUT2D eigenvalue weighted by Crippen LogP contribution is -2.41. The van der Waals surface area contributed by atoms with Crippen LogP contribution < -0.4 is 0 Å². The topological polar surface area (TPSA) is 20.3 Å². The molecule has 0 bridgehead atoms. The van der Waals surface area contributed by atoms with Gasteiger partial charge in [-0.25, -0.2) is 0 Å². The smallest absolute Gasteiger partial charge is 0.227 e. The van der Waals surface area contributed by atoms with Gasteiger partial charge in [0.05, 0.1) is 6.42 Å². The van der Waals surface area contributed by atoms with E-state index in [-0.39, 0.29) is 5.91 Å². The van der Waals surface area contributed by atoms with Crippen molar-refractivity contribution in [1.29, 1.82) is 0 Å². The van der Waals surface area contributed by atoms with Gasteiger partial charge in [0.2, 0.25) is 5.91 Å². The Labute approximate surface area is 134 Å². The summed E-state index contributed by atoms with van der Waals surface area (Å²) in [6, 6.07) is 14.5. The van der Waals surface area contributed by atoms with Crippen LogP contribution in [0.15, 0.2) is 42.5 Å². The standard InChI is InChI=1S/C18H20BrNO/c19-12-14-5-4-10-20(13-14)18(21)11-16-8-3-7-15-6-1-2-9-17(15)16/h1-3,6-9,14H,4-5,10-13H2. The second-order valence-corrected chi connectivity index (χ2v) is 6.46. The molecule has 0 saturated carbocycles. The van der Waals surface area contributed by atoms with E-state index in [2.05, 4.69) is 40.2 Å². The summed E-state index contributed by atoms with van der Waals surface area (Å²) in [5.74, 6) is 0.868. The van der Waals surface area contributed by atoms with Gasteiger partial charge in [-0.05, 0) is 35.1 Å². The highest BCUT2D eigenvalue weighted by Gasteiger charge is 2.23. The van der Waals surface area contributed by atoms with Crippen LogP contribution in [0.1, 0.15) is 18.4 Å². The van der Waals surface area contributed by atoms with E-state index in [0.29, 0.717) is 12.3 Å². The average molecular weight is 346 g/mol. The van der Waals surface area contributed by atoms with E-state index in [1.54, 1.807) is 0 Å². The highest BCUT2D eigenvalue weighted by atomic mass is 79.9. The molecule has 3 heteroatoms. The van der Waals surface area contributed by atoms with Crippen LogP contribution in [0.4, 0.5) is 0 Å². The zero-order chi connectivity index (χ0) is 14.7. The molecule has 110 valence electrons. The molecule has 1 saturated heterocycles. The van der Waals surface area contributed by atoms with Crippen molar-refractivity contribution in [3.05, 3.63) is 48.0 Å². The lowest BCUT2D eigenvalue weighted by Gasteiger charge is -2.32. The van der Waals surface area contributed by atoms with Crippen LogP contribution in [-0.2, 0) is 11.2 Å². The molecule has 0 aromatic heterocycles. The van der Waals surface area contributed by atoms with Crippen LogP contribution >= 0.6 is 15.9 Å². The first-order valence-corrected chi connectivity index (χ1v) is 8.70. The molecule has 2 aromatic carbocycles. The van der Waals surface area contributed by atoms with Gasteiger partial charge in [-0.15, -0.1) is 0 Å². The van der Waals surface area contributed by atoms with Gasteiger partial charge in [0.25, 0.3) is 0 Å². The van der Waals surface area contributed by atoms with E-state index in [0.717, 1.165) is 30.4 Å². The molecular formula is C18H20BrNO. The van der Waals surface area contributed by atoms with Crippen LogP contribution in [0.5, 0.6) is 0 Å². The molecule has 0 spiro atoms. The number of hydrogen-bond donors (Lipinski definition) is 0. The molecule has 0 aliphatic carbocycles. The van der Waals surface area contributed by atoms with Crippen molar-refractivity contribution in [2.45, 2.75) is 19.3 Å². The number of hydrogen-bond acceptors (Lipinski definition) is 1. The minimum atomic E-state index is 0.261. The van der Waals surface area contributed by atoms with Gasteiger partial charge in [0, 0.05) is 18.4 Å². The zero-order valence-corrected chi connectivity index (χ0v) is 13.7. The Morgan fingerprint density at radius 1 is 1.19 bits per heavy atom. The van der Waals surface area contributed by atoms with E-state index in [9.17, 15) is 4.79 Å². The lowest BCUT2D eigenvalue weighted by molar-refractivity contribution is -0.132. The number of piperidine rings is 1. The SMILES string of the molecule is O=C(Cc1cccc2ccccc12)N1CCCC(CBr)C1. The summed E-state index contributed by atoms with van der Waals surface area (Å²) in [4.78, 5) is 14.6. The molecule has 2 aromatic rings. The fourth-order valence-electron chi connectivity index (χ4n) is 3.14. The van der Waals surface area contributed by atoms with E-state index >= 15 is 0 Å². The average Bonchev–Trinajstić information content (AvgIpc) is 2.55. The number of carbonyl (C=O) groups is 1. The van der Waals surface area contributed by atoms with Crippen LogP contribution in [0.3, 0.4) is 0 Å². The van der Waals surface area contributed by atoms with Gasteiger partial charge in [-0.2, -0.15) is 0 Å². The first-order chi connectivity index (χ1) is 10.3. The third-order valence-corrected chi connectivity index (χ3v) is 5.23. The minimum Gasteiger partial charge on any atom is -0.342 e. The molecule has 1 unspecified atom stereocenters. The summed E-state index contributed by atoms with van der Waals surface area (Å²) in [6.07, 6.45) is 2.86. The largest absolute Gasteiger partial charge is 0.342 e. The van der Waals surface area contributed by atoms with Gasteiger partial charge in [-0.3, -0.25) is 4.79 Å². The Morgan fingerprint density at radius 3 is 2.86 bits per heavy atom. The zero-order valence-electron chi connectivity index (χ0n) is 12.1. The Balaban J connectivity index is 1.77. The summed E-state index contributed by atoms with van der Waals surface area (Å²) >= 11 is 3.55. The Hall–Kier alpha value is -1.35. The maximum atomic E-state index is 12.6. The normalized spacial score (nSPS) is 18.9. The lowest BCUT2D eigenvalue weighted by atomic mass is 9.98. The maximum Gasteiger partial charge on any atom is 0.227 e. The Morgan fingerprint density at radius 2 is 2.00 bits per heavy atom.